The van der Waals surface area contributed by atoms with Crippen molar-refractivity contribution >= 4 is 16.5 Å². The third-order valence-corrected chi connectivity index (χ3v) is 6.92. The van der Waals surface area contributed by atoms with E-state index in [0.717, 1.165) is 38.2 Å². The van der Waals surface area contributed by atoms with E-state index >= 15 is 0 Å². The van der Waals surface area contributed by atoms with E-state index in [1.165, 1.54) is 21.0 Å². The van der Waals surface area contributed by atoms with Crippen LogP contribution in [-0.2, 0) is 13.1 Å². The van der Waals surface area contributed by atoms with E-state index in [2.05, 4.69) is 52.3 Å². The van der Waals surface area contributed by atoms with E-state index in [-0.39, 0.29) is 11.2 Å². The number of hydrogen-bond donors (Lipinski definition) is 0. The van der Waals surface area contributed by atoms with Crippen molar-refractivity contribution in [2.75, 3.05) is 37.6 Å². The molecule has 0 N–H and O–H groups in total. The van der Waals surface area contributed by atoms with Crippen LogP contribution in [0.1, 0.15) is 13.3 Å². The van der Waals surface area contributed by atoms with Crippen molar-refractivity contribution in [3.8, 4) is 11.3 Å². The first-order chi connectivity index (χ1) is 17.2. The van der Waals surface area contributed by atoms with Crippen LogP contribution in [0.3, 0.4) is 0 Å². The van der Waals surface area contributed by atoms with Crippen molar-refractivity contribution in [2.45, 2.75) is 26.4 Å². The summed E-state index contributed by atoms with van der Waals surface area (Å²) in [6, 6.07) is 26.3. The second-order valence-electron chi connectivity index (χ2n) is 9.15. The molecule has 0 radical (unpaired) electrons. The quantitative estimate of drug-likeness (QED) is 0.410. The molecular formula is C29H32N4O2. The lowest BCUT2D eigenvalue weighted by Crippen LogP contribution is -2.49. The standard InChI is InChI=1S/C29H32N4O2/c1-2-15-32-27(24-10-4-3-5-11-24)22-28(34)33(29(32)35)21-18-30-16-19-31(20-17-30)26-14-8-12-23-9-6-7-13-25(23)26/h3-14,22H,2,15-21H2,1H3. The molecule has 35 heavy (non-hydrogen) atoms. The van der Waals surface area contributed by atoms with Gasteiger partial charge in [-0.1, -0.05) is 73.7 Å². The van der Waals surface area contributed by atoms with Gasteiger partial charge < -0.3 is 4.90 Å². The topological polar surface area (TPSA) is 50.5 Å². The molecule has 1 saturated heterocycles. The summed E-state index contributed by atoms with van der Waals surface area (Å²) in [5, 5.41) is 2.54. The number of aromatic nitrogens is 2. The summed E-state index contributed by atoms with van der Waals surface area (Å²) < 4.78 is 3.15. The van der Waals surface area contributed by atoms with Crippen LogP contribution in [0.5, 0.6) is 0 Å². The number of piperazine rings is 1. The highest BCUT2D eigenvalue weighted by atomic mass is 16.2. The summed E-state index contributed by atoms with van der Waals surface area (Å²) in [4.78, 5) is 31.0. The molecule has 5 rings (SSSR count). The number of nitrogens with zero attached hydrogens (tertiary/aromatic N) is 4. The second-order valence-corrected chi connectivity index (χ2v) is 9.15. The summed E-state index contributed by atoms with van der Waals surface area (Å²) in [7, 11) is 0. The molecule has 1 fully saturated rings. The Labute approximate surface area is 205 Å². The molecule has 3 aromatic carbocycles. The Bertz CT molecular complexity index is 1410. The number of benzene rings is 3. The predicted molar refractivity (Wildman–Crippen MR) is 143 cm³/mol. The minimum atomic E-state index is -0.226. The Morgan fingerprint density at radius 1 is 0.714 bits per heavy atom. The van der Waals surface area contributed by atoms with Crippen LogP contribution in [0.2, 0.25) is 0 Å². The maximum atomic E-state index is 13.3. The minimum Gasteiger partial charge on any atom is -0.368 e. The summed E-state index contributed by atoms with van der Waals surface area (Å²) in [5.74, 6) is 0. The maximum Gasteiger partial charge on any atom is 0.331 e. The molecule has 0 unspecified atom stereocenters. The Morgan fingerprint density at radius 2 is 1.43 bits per heavy atom. The summed E-state index contributed by atoms with van der Waals surface area (Å²) >= 11 is 0. The van der Waals surface area contributed by atoms with Crippen LogP contribution in [0, 0.1) is 0 Å². The van der Waals surface area contributed by atoms with Crippen molar-refractivity contribution in [1.29, 1.82) is 0 Å². The predicted octanol–water partition coefficient (Wildman–Crippen LogP) is 4.06. The molecule has 0 bridgehead atoms. The van der Waals surface area contributed by atoms with Crippen molar-refractivity contribution < 1.29 is 0 Å². The molecule has 0 saturated carbocycles. The zero-order valence-corrected chi connectivity index (χ0v) is 20.3. The van der Waals surface area contributed by atoms with Crippen LogP contribution in [0.15, 0.2) is 88.5 Å². The van der Waals surface area contributed by atoms with E-state index in [4.69, 9.17) is 0 Å². The number of fused-ring (bicyclic) bond motifs is 1. The van der Waals surface area contributed by atoms with Gasteiger partial charge in [0, 0.05) is 63.0 Å². The van der Waals surface area contributed by atoms with Gasteiger partial charge in [0.2, 0.25) is 0 Å². The van der Waals surface area contributed by atoms with E-state index in [9.17, 15) is 9.59 Å². The molecule has 0 spiro atoms. The van der Waals surface area contributed by atoms with E-state index in [1.54, 1.807) is 10.6 Å². The zero-order valence-electron chi connectivity index (χ0n) is 20.3. The fraction of sp³-hybridized carbons (Fsp3) is 0.310. The highest BCUT2D eigenvalue weighted by Crippen LogP contribution is 2.27. The SMILES string of the molecule is CCCn1c(-c2ccccc2)cc(=O)n(CCN2CCN(c3cccc4ccccc34)CC2)c1=O. The van der Waals surface area contributed by atoms with Gasteiger partial charge in [-0.3, -0.25) is 18.8 Å². The Balaban J connectivity index is 1.29. The fourth-order valence-corrected chi connectivity index (χ4v) is 5.05. The van der Waals surface area contributed by atoms with Crippen molar-refractivity contribution in [2.24, 2.45) is 0 Å². The monoisotopic (exact) mass is 468 g/mol. The van der Waals surface area contributed by atoms with Crippen LogP contribution < -0.4 is 16.1 Å². The van der Waals surface area contributed by atoms with Crippen molar-refractivity contribution in [3.05, 3.63) is 99.7 Å². The van der Waals surface area contributed by atoms with E-state index < -0.39 is 0 Å². The van der Waals surface area contributed by atoms with Crippen LogP contribution in [-0.4, -0.2) is 46.8 Å². The number of hydrogen-bond acceptors (Lipinski definition) is 4. The van der Waals surface area contributed by atoms with Gasteiger partial charge in [-0.2, -0.15) is 0 Å². The largest absolute Gasteiger partial charge is 0.368 e. The normalized spacial score (nSPS) is 14.5. The number of anilines is 1. The molecule has 0 atom stereocenters. The molecule has 4 aromatic rings. The molecule has 1 aromatic heterocycles. The third kappa shape index (κ3) is 4.80. The number of rotatable bonds is 7. The van der Waals surface area contributed by atoms with Crippen LogP contribution in [0.4, 0.5) is 5.69 Å². The van der Waals surface area contributed by atoms with E-state index in [0.29, 0.717) is 25.3 Å². The zero-order chi connectivity index (χ0) is 24.2. The first-order valence-corrected chi connectivity index (χ1v) is 12.5. The molecule has 6 nitrogen and oxygen atoms in total. The first kappa shape index (κ1) is 23.1. The molecule has 0 amide bonds. The van der Waals surface area contributed by atoms with Gasteiger partial charge in [0.25, 0.3) is 5.56 Å². The maximum absolute atomic E-state index is 13.3. The summed E-state index contributed by atoms with van der Waals surface area (Å²) in [5.41, 5.74) is 2.43. The van der Waals surface area contributed by atoms with Crippen molar-refractivity contribution in [1.82, 2.24) is 14.0 Å². The highest BCUT2D eigenvalue weighted by molar-refractivity contribution is 5.94. The highest BCUT2D eigenvalue weighted by Gasteiger charge is 2.19. The van der Waals surface area contributed by atoms with Gasteiger partial charge in [0.15, 0.2) is 0 Å². The molecule has 1 aliphatic rings. The second kappa shape index (κ2) is 10.3. The molecule has 0 aliphatic carbocycles. The minimum absolute atomic E-state index is 0.215. The average Bonchev–Trinajstić information content (AvgIpc) is 2.90. The lowest BCUT2D eigenvalue weighted by atomic mass is 10.1. The molecule has 2 heterocycles. The summed E-state index contributed by atoms with van der Waals surface area (Å²) in [6.07, 6.45) is 0.827. The smallest absolute Gasteiger partial charge is 0.331 e. The summed E-state index contributed by atoms with van der Waals surface area (Å²) in [6.45, 7) is 7.40. The third-order valence-electron chi connectivity index (χ3n) is 6.92. The van der Waals surface area contributed by atoms with Crippen LogP contribution >= 0.6 is 0 Å². The van der Waals surface area contributed by atoms with Gasteiger partial charge >= 0.3 is 5.69 Å². The lowest BCUT2D eigenvalue weighted by Gasteiger charge is -2.36. The van der Waals surface area contributed by atoms with Crippen LogP contribution in [0.25, 0.3) is 22.0 Å². The Hall–Kier alpha value is -3.64. The van der Waals surface area contributed by atoms with Crippen molar-refractivity contribution in [3.63, 3.8) is 0 Å². The van der Waals surface area contributed by atoms with E-state index in [1.807, 2.05) is 37.3 Å². The lowest BCUT2D eigenvalue weighted by molar-refractivity contribution is 0.245. The van der Waals surface area contributed by atoms with Gasteiger partial charge in [-0.05, 0) is 23.4 Å². The Kier molecular flexibility index (Phi) is 6.82. The molecular weight excluding hydrogens is 436 g/mol. The van der Waals surface area contributed by atoms with Gasteiger partial charge in [-0.25, -0.2) is 4.79 Å². The molecule has 1 aliphatic heterocycles. The average molecular weight is 469 g/mol. The Morgan fingerprint density at radius 3 is 2.20 bits per heavy atom. The van der Waals surface area contributed by atoms with Gasteiger partial charge in [0.1, 0.15) is 0 Å². The first-order valence-electron chi connectivity index (χ1n) is 12.5. The van der Waals surface area contributed by atoms with Gasteiger partial charge in [0.05, 0.1) is 5.69 Å². The molecule has 6 heteroatoms. The fourth-order valence-electron chi connectivity index (χ4n) is 5.05. The molecule has 180 valence electrons. The van der Waals surface area contributed by atoms with Gasteiger partial charge in [-0.15, -0.1) is 0 Å².